The van der Waals surface area contributed by atoms with Crippen LogP contribution in [0, 0.1) is 13.8 Å². The van der Waals surface area contributed by atoms with Gasteiger partial charge in [0, 0.05) is 30.7 Å². The molecule has 0 unspecified atom stereocenters. The van der Waals surface area contributed by atoms with Crippen LogP contribution in [-0.4, -0.2) is 36.7 Å². The molecule has 0 aliphatic rings. The van der Waals surface area contributed by atoms with Crippen LogP contribution >= 0.6 is 11.3 Å². The van der Waals surface area contributed by atoms with Crippen molar-refractivity contribution in [2.75, 3.05) is 18.4 Å². The average molecular weight is 397 g/mol. The summed E-state index contributed by atoms with van der Waals surface area (Å²) >= 11 is 1.31. The molecule has 1 aromatic carbocycles. The monoisotopic (exact) mass is 396 g/mol. The fourth-order valence-electron chi connectivity index (χ4n) is 2.51. The number of rotatable bonds is 7. The number of benzene rings is 1. The number of thiazole rings is 1. The number of nitrogens with two attached hydrogens (primary N) is 1. The third-order valence-corrected chi connectivity index (χ3v) is 7.09. The first-order chi connectivity index (χ1) is 12.2. The molecule has 1 amide bonds. The van der Waals surface area contributed by atoms with Gasteiger partial charge in [0.15, 0.2) is 0 Å². The van der Waals surface area contributed by atoms with Crippen molar-refractivity contribution in [1.82, 2.24) is 9.29 Å². The number of nitrogens with one attached hydrogen (secondary N) is 1. The molecular weight excluding hydrogens is 372 g/mol. The Labute approximate surface area is 158 Å². The summed E-state index contributed by atoms with van der Waals surface area (Å²) in [5.74, 6) is -0.388. The van der Waals surface area contributed by atoms with Crippen molar-refractivity contribution in [2.24, 2.45) is 5.73 Å². The first-order valence-corrected chi connectivity index (χ1v) is 10.6. The summed E-state index contributed by atoms with van der Waals surface area (Å²) < 4.78 is 27.0. The number of carbonyl (C=O) groups is 1. The number of anilines is 1. The smallest absolute Gasteiger partial charge is 0.275 e. The van der Waals surface area contributed by atoms with E-state index in [0.717, 1.165) is 11.1 Å². The van der Waals surface area contributed by atoms with Gasteiger partial charge in [-0.3, -0.25) is 4.79 Å². The van der Waals surface area contributed by atoms with Crippen molar-refractivity contribution in [1.29, 1.82) is 0 Å². The normalized spacial score (nSPS) is 11.8. The van der Waals surface area contributed by atoms with Gasteiger partial charge in [0.05, 0.1) is 4.90 Å². The summed E-state index contributed by atoms with van der Waals surface area (Å²) in [6.45, 7) is 8.28. The van der Waals surface area contributed by atoms with E-state index in [1.165, 1.54) is 21.7 Å². The average Bonchev–Trinajstić information content (AvgIpc) is 3.08. The van der Waals surface area contributed by atoms with Gasteiger partial charge in [0.2, 0.25) is 10.0 Å². The number of aryl methyl sites for hydroxylation is 1. The van der Waals surface area contributed by atoms with E-state index < -0.39 is 10.0 Å². The van der Waals surface area contributed by atoms with Gasteiger partial charge in [-0.2, -0.15) is 4.31 Å². The molecule has 0 fully saturated rings. The Morgan fingerprint density at radius 1 is 1.27 bits per heavy atom. The Hall–Kier alpha value is -1.81. The molecule has 1 heterocycles. The third kappa shape index (κ3) is 4.12. The molecule has 0 spiro atoms. The van der Waals surface area contributed by atoms with Crippen molar-refractivity contribution in [2.45, 2.75) is 39.1 Å². The van der Waals surface area contributed by atoms with E-state index in [9.17, 15) is 13.2 Å². The van der Waals surface area contributed by atoms with Gasteiger partial charge in [-0.25, -0.2) is 13.4 Å². The minimum atomic E-state index is -3.61. The Bertz CT molecular complexity index is 903. The molecule has 0 radical (unpaired) electrons. The van der Waals surface area contributed by atoms with Crippen LogP contribution in [0.3, 0.4) is 0 Å². The van der Waals surface area contributed by atoms with Crippen LogP contribution < -0.4 is 11.1 Å². The van der Waals surface area contributed by atoms with E-state index in [0.29, 0.717) is 23.8 Å². The van der Waals surface area contributed by atoms with Gasteiger partial charge < -0.3 is 11.1 Å². The maximum atomic E-state index is 12.8. The summed E-state index contributed by atoms with van der Waals surface area (Å²) in [6.07, 6.45) is 0. The molecule has 7 nitrogen and oxygen atoms in total. The standard InChI is InChI=1S/C17H24N4O3S2/c1-5-21(6-2)26(23,24)13-7-11(3)12(4)14(8-13)20-17(22)15-10-25-16(9-18)19-15/h7-8,10H,5-6,9,18H2,1-4H3,(H,20,22). The van der Waals surface area contributed by atoms with Crippen LogP contribution in [0.15, 0.2) is 22.4 Å². The Kier molecular flexibility index (Phi) is 6.51. The van der Waals surface area contributed by atoms with Crippen molar-refractivity contribution in [3.05, 3.63) is 39.3 Å². The highest BCUT2D eigenvalue weighted by Gasteiger charge is 2.24. The van der Waals surface area contributed by atoms with Crippen LogP contribution in [0.25, 0.3) is 0 Å². The number of sulfonamides is 1. The predicted octanol–water partition coefficient (Wildman–Crippen LogP) is 2.50. The molecule has 0 saturated carbocycles. The number of nitrogens with zero attached hydrogens (tertiary/aromatic N) is 2. The second-order valence-electron chi connectivity index (χ2n) is 5.79. The molecular formula is C17H24N4O3S2. The molecule has 142 valence electrons. The van der Waals surface area contributed by atoms with E-state index in [2.05, 4.69) is 10.3 Å². The Balaban J connectivity index is 2.40. The maximum Gasteiger partial charge on any atom is 0.275 e. The van der Waals surface area contributed by atoms with Crippen LogP contribution in [0.4, 0.5) is 5.69 Å². The number of hydrogen-bond acceptors (Lipinski definition) is 6. The zero-order valence-corrected chi connectivity index (χ0v) is 17.0. The predicted molar refractivity (Wildman–Crippen MR) is 104 cm³/mol. The van der Waals surface area contributed by atoms with Crippen LogP contribution in [-0.2, 0) is 16.6 Å². The lowest BCUT2D eigenvalue weighted by atomic mass is 10.1. The summed E-state index contributed by atoms with van der Waals surface area (Å²) in [5, 5.41) is 5.08. The molecule has 0 saturated heterocycles. The van der Waals surface area contributed by atoms with Crippen LogP contribution in [0.5, 0.6) is 0 Å². The van der Waals surface area contributed by atoms with Gasteiger partial charge >= 0.3 is 0 Å². The van der Waals surface area contributed by atoms with Gasteiger partial charge in [0.1, 0.15) is 10.7 Å². The van der Waals surface area contributed by atoms with Crippen LogP contribution in [0.2, 0.25) is 0 Å². The van der Waals surface area contributed by atoms with E-state index >= 15 is 0 Å². The molecule has 26 heavy (non-hydrogen) atoms. The zero-order valence-electron chi connectivity index (χ0n) is 15.4. The molecule has 9 heteroatoms. The lowest BCUT2D eigenvalue weighted by Gasteiger charge is -2.20. The second-order valence-corrected chi connectivity index (χ2v) is 8.67. The highest BCUT2D eigenvalue weighted by molar-refractivity contribution is 7.89. The number of carbonyl (C=O) groups excluding carboxylic acids is 1. The molecule has 2 rings (SSSR count). The summed E-state index contributed by atoms with van der Waals surface area (Å²) in [5.41, 5.74) is 7.85. The first kappa shape index (κ1) is 20.5. The van der Waals surface area contributed by atoms with Gasteiger partial charge in [0.25, 0.3) is 5.91 Å². The first-order valence-electron chi connectivity index (χ1n) is 8.31. The molecule has 0 aliphatic heterocycles. The summed E-state index contributed by atoms with van der Waals surface area (Å²) in [7, 11) is -3.61. The lowest BCUT2D eigenvalue weighted by molar-refractivity contribution is 0.102. The quantitative estimate of drug-likeness (QED) is 0.748. The number of aromatic nitrogens is 1. The lowest BCUT2D eigenvalue weighted by Crippen LogP contribution is -2.30. The topological polar surface area (TPSA) is 105 Å². The van der Waals surface area contributed by atoms with E-state index in [1.54, 1.807) is 25.3 Å². The molecule has 0 aliphatic carbocycles. The molecule has 1 aromatic heterocycles. The fourth-order valence-corrected chi connectivity index (χ4v) is 4.74. The zero-order chi connectivity index (χ0) is 19.5. The Morgan fingerprint density at radius 2 is 1.92 bits per heavy atom. The molecule has 3 N–H and O–H groups in total. The minimum absolute atomic E-state index is 0.167. The largest absolute Gasteiger partial charge is 0.325 e. The van der Waals surface area contributed by atoms with E-state index in [1.807, 2.05) is 13.8 Å². The molecule has 0 atom stereocenters. The third-order valence-electron chi connectivity index (χ3n) is 4.19. The van der Waals surface area contributed by atoms with Gasteiger partial charge in [-0.1, -0.05) is 13.8 Å². The van der Waals surface area contributed by atoms with E-state index in [-0.39, 0.29) is 23.0 Å². The number of hydrogen-bond donors (Lipinski definition) is 2. The van der Waals surface area contributed by atoms with Crippen molar-refractivity contribution < 1.29 is 13.2 Å². The Morgan fingerprint density at radius 3 is 2.46 bits per heavy atom. The van der Waals surface area contributed by atoms with Crippen molar-refractivity contribution in [3.8, 4) is 0 Å². The molecule has 0 bridgehead atoms. The SMILES string of the molecule is CCN(CC)S(=O)(=O)c1cc(C)c(C)c(NC(=O)c2csc(CN)n2)c1. The van der Waals surface area contributed by atoms with E-state index in [4.69, 9.17) is 5.73 Å². The highest BCUT2D eigenvalue weighted by Crippen LogP contribution is 2.26. The van der Waals surface area contributed by atoms with Gasteiger partial charge in [-0.05, 0) is 37.1 Å². The highest BCUT2D eigenvalue weighted by atomic mass is 32.2. The van der Waals surface area contributed by atoms with Crippen molar-refractivity contribution >= 4 is 33.0 Å². The fraction of sp³-hybridized carbons (Fsp3) is 0.412. The van der Waals surface area contributed by atoms with Crippen LogP contribution in [0.1, 0.15) is 40.5 Å². The van der Waals surface area contributed by atoms with Crippen molar-refractivity contribution in [3.63, 3.8) is 0 Å². The molecule has 2 aromatic rings. The second kappa shape index (κ2) is 8.26. The minimum Gasteiger partial charge on any atom is -0.325 e. The van der Waals surface area contributed by atoms with Gasteiger partial charge in [-0.15, -0.1) is 11.3 Å². The summed E-state index contributed by atoms with van der Waals surface area (Å²) in [6, 6.07) is 3.14. The summed E-state index contributed by atoms with van der Waals surface area (Å²) in [4.78, 5) is 16.8. The number of amides is 1. The maximum absolute atomic E-state index is 12.8.